The van der Waals surface area contributed by atoms with E-state index in [1.54, 1.807) is 36.3 Å². The van der Waals surface area contributed by atoms with Gasteiger partial charge in [-0.1, -0.05) is 20.8 Å². The van der Waals surface area contributed by atoms with Crippen LogP contribution >= 0.6 is 0 Å². The highest BCUT2D eigenvalue weighted by atomic mass is 16.5. The second-order valence-electron chi connectivity index (χ2n) is 7.86. The van der Waals surface area contributed by atoms with Gasteiger partial charge in [-0.2, -0.15) is 0 Å². The van der Waals surface area contributed by atoms with Crippen LogP contribution in [-0.2, 0) is 18.4 Å². The summed E-state index contributed by atoms with van der Waals surface area (Å²) < 4.78 is 7.16. The molecule has 0 fully saturated rings. The lowest BCUT2D eigenvalue weighted by Gasteiger charge is -2.29. The summed E-state index contributed by atoms with van der Waals surface area (Å²) in [6.45, 7) is 7.90. The van der Waals surface area contributed by atoms with E-state index in [1.165, 1.54) is 0 Å². The first-order chi connectivity index (χ1) is 14.3. The predicted molar refractivity (Wildman–Crippen MR) is 120 cm³/mol. The number of ether oxygens (including phenoxy) is 1. The molecule has 0 bridgehead atoms. The van der Waals surface area contributed by atoms with Gasteiger partial charge in [0.25, 0.3) is 0 Å². The lowest BCUT2D eigenvalue weighted by molar-refractivity contribution is -0.133. The molecule has 164 valence electrons. The van der Waals surface area contributed by atoms with Crippen LogP contribution in [0.3, 0.4) is 0 Å². The van der Waals surface area contributed by atoms with Gasteiger partial charge in [0.1, 0.15) is 12.3 Å². The van der Waals surface area contributed by atoms with Crippen molar-refractivity contribution in [2.24, 2.45) is 13.0 Å². The van der Waals surface area contributed by atoms with Crippen molar-refractivity contribution in [3.8, 4) is 5.75 Å². The number of carbonyl (C=O) groups is 2. The molecule has 2 rings (SSSR count). The Bertz CT molecular complexity index is 814. The van der Waals surface area contributed by atoms with Gasteiger partial charge in [0.2, 0.25) is 5.91 Å². The topological polar surface area (TPSA) is 66.8 Å². The number of amides is 3. The van der Waals surface area contributed by atoms with E-state index < -0.39 is 0 Å². The van der Waals surface area contributed by atoms with E-state index in [1.807, 2.05) is 41.8 Å². The smallest absolute Gasteiger partial charge is 0.322 e. The molecule has 0 atom stereocenters. The maximum Gasteiger partial charge on any atom is 0.322 e. The number of nitrogens with zero attached hydrogens (tertiary/aromatic N) is 3. The quantitative estimate of drug-likeness (QED) is 0.640. The van der Waals surface area contributed by atoms with Crippen molar-refractivity contribution in [1.82, 2.24) is 14.4 Å². The van der Waals surface area contributed by atoms with E-state index in [-0.39, 0.29) is 18.5 Å². The third-order valence-corrected chi connectivity index (χ3v) is 4.79. The van der Waals surface area contributed by atoms with Crippen LogP contribution < -0.4 is 10.1 Å². The van der Waals surface area contributed by atoms with Crippen LogP contribution in [0.4, 0.5) is 10.5 Å². The van der Waals surface area contributed by atoms with Gasteiger partial charge in [0.15, 0.2) is 0 Å². The number of anilines is 1. The zero-order valence-corrected chi connectivity index (χ0v) is 18.7. The normalized spacial score (nSPS) is 10.7. The van der Waals surface area contributed by atoms with Crippen molar-refractivity contribution in [1.29, 1.82) is 0 Å². The lowest BCUT2D eigenvalue weighted by atomic mass is 10.2. The van der Waals surface area contributed by atoms with Gasteiger partial charge in [-0.25, -0.2) is 4.79 Å². The Balaban J connectivity index is 2.07. The van der Waals surface area contributed by atoms with E-state index in [0.29, 0.717) is 31.2 Å². The lowest BCUT2D eigenvalue weighted by Crippen LogP contribution is -2.45. The molecular formula is C23H34N4O3. The third kappa shape index (κ3) is 6.83. The van der Waals surface area contributed by atoms with Gasteiger partial charge in [-0.15, -0.1) is 0 Å². The van der Waals surface area contributed by atoms with E-state index >= 15 is 0 Å². The highest BCUT2D eigenvalue weighted by Crippen LogP contribution is 2.16. The Hall–Kier alpha value is -2.96. The summed E-state index contributed by atoms with van der Waals surface area (Å²) in [4.78, 5) is 29.3. The summed E-state index contributed by atoms with van der Waals surface area (Å²) in [6, 6.07) is 10.8. The minimum atomic E-state index is -0.279. The fourth-order valence-electron chi connectivity index (χ4n) is 3.21. The molecule has 0 spiro atoms. The molecule has 2 aromatic rings. The third-order valence-electron chi connectivity index (χ3n) is 4.79. The summed E-state index contributed by atoms with van der Waals surface area (Å²) >= 11 is 0. The maximum atomic E-state index is 13.1. The number of aromatic nitrogens is 1. The van der Waals surface area contributed by atoms with Crippen molar-refractivity contribution < 1.29 is 14.3 Å². The molecule has 7 nitrogen and oxygen atoms in total. The summed E-state index contributed by atoms with van der Waals surface area (Å²) in [7, 11) is 3.57. The second-order valence-corrected chi connectivity index (χ2v) is 7.86. The molecule has 1 aromatic carbocycles. The standard InChI is InChI=1S/C23H34N4O3/c1-6-13-26(23(29)24-19-9-11-21(30-5)12-10-19)17-22(28)27(15-18(2)3)16-20-8-7-14-25(20)4/h7-12,14,18H,6,13,15-17H2,1-5H3,(H,24,29). The van der Waals surface area contributed by atoms with Crippen LogP contribution in [0.25, 0.3) is 0 Å². The van der Waals surface area contributed by atoms with Gasteiger partial charge in [-0.05, 0) is 48.7 Å². The molecular weight excluding hydrogens is 380 g/mol. The predicted octanol–water partition coefficient (Wildman–Crippen LogP) is 3.96. The zero-order valence-electron chi connectivity index (χ0n) is 18.7. The largest absolute Gasteiger partial charge is 0.497 e. The van der Waals surface area contributed by atoms with Gasteiger partial charge in [0, 0.05) is 37.7 Å². The van der Waals surface area contributed by atoms with E-state index in [4.69, 9.17) is 4.74 Å². The average molecular weight is 415 g/mol. The van der Waals surface area contributed by atoms with Gasteiger partial charge in [0.05, 0.1) is 13.7 Å². The summed E-state index contributed by atoms with van der Waals surface area (Å²) in [5.41, 5.74) is 1.73. The SMILES string of the molecule is CCCN(CC(=O)N(Cc1cccn1C)CC(C)C)C(=O)Nc1ccc(OC)cc1. The van der Waals surface area contributed by atoms with Crippen LogP contribution in [0.5, 0.6) is 5.75 Å². The van der Waals surface area contributed by atoms with Crippen molar-refractivity contribution in [2.75, 3.05) is 32.1 Å². The molecule has 30 heavy (non-hydrogen) atoms. The number of hydrogen-bond donors (Lipinski definition) is 1. The summed E-state index contributed by atoms with van der Waals surface area (Å²) in [6.07, 6.45) is 2.74. The Labute approximate surface area is 179 Å². The molecule has 0 aliphatic rings. The minimum absolute atomic E-state index is 0.0486. The van der Waals surface area contributed by atoms with Crippen LogP contribution in [0.2, 0.25) is 0 Å². The number of urea groups is 1. The number of aryl methyl sites for hydroxylation is 1. The van der Waals surface area contributed by atoms with Crippen molar-refractivity contribution >= 4 is 17.6 Å². The minimum Gasteiger partial charge on any atom is -0.497 e. The van der Waals surface area contributed by atoms with Crippen LogP contribution in [0.1, 0.15) is 32.9 Å². The first kappa shape index (κ1) is 23.3. The second kappa shape index (κ2) is 11.3. The van der Waals surface area contributed by atoms with Crippen LogP contribution in [0.15, 0.2) is 42.6 Å². The molecule has 1 N–H and O–H groups in total. The molecule has 3 amide bonds. The zero-order chi connectivity index (χ0) is 22.1. The Kier molecular flexibility index (Phi) is 8.77. The van der Waals surface area contributed by atoms with Gasteiger partial charge >= 0.3 is 6.03 Å². The number of hydrogen-bond acceptors (Lipinski definition) is 3. The van der Waals surface area contributed by atoms with Gasteiger partial charge in [-0.3, -0.25) is 4.79 Å². The number of benzene rings is 1. The maximum absolute atomic E-state index is 13.1. The Morgan fingerprint density at radius 2 is 1.83 bits per heavy atom. The average Bonchev–Trinajstić information content (AvgIpc) is 3.11. The molecule has 0 unspecified atom stereocenters. The van der Waals surface area contributed by atoms with Gasteiger partial charge < -0.3 is 24.4 Å². The van der Waals surface area contributed by atoms with Crippen LogP contribution in [0, 0.1) is 5.92 Å². The Morgan fingerprint density at radius 3 is 2.37 bits per heavy atom. The number of carbonyl (C=O) groups excluding carboxylic acids is 2. The van der Waals surface area contributed by atoms with E-state index in [9.17, 15) is 9.59 Å². The van der Waals surface area contributed by atoms with Crippen LogP contribution in [-0.4, -0.2) is 53.0 Å². The number of rotatable bonds is 10. The summed E-state index contributed by atoms with van der Waals surface area (Å²) in [5, 5.41) is 2.87. The number of nitrogens with one attached hydrogen (secondary N) is 1. The number of methoxy groups -OCH3 is 1. The summed E-state index contributed by atoms with van der Waals surface area (Å²) in [5.74, 6) is 1.00. The molecule has 0 radical (unpaired) electrons. The molecule has 0 aliphatic heterocycles. The fraction of sp³-hybridized carbons (Fsp3) is 0.478. The molecule has 7 heteroatoms. The van der Waals surface area contributed by atoms with Crippen molar-refractivity contribution in [2.45, 2.75) is 33.7 Å². The first-order valence-corrected chi connectivity index (χ1v) is 10.4. The van der Waals surface area contributed by atoms with Crippen molar-refractivity contribution in [3.05, 3.63) is 48.3 Å². The van der Waals surface area contributed by atoms with E-state index in [2.05, 4.69) is 19.2 Å². The van der Waals surface area contributed by atoms with E-state index in [0.717, 1.165) is 17.9 Å². The van der Waals surface area contributed by atoms with Crippen molar-refractivity contribution in [3.63, 3.8) is 0 Å². The monoisotopic (exact) mass is 414 g/mol. The molecule has 0 saturated carbocycles. The first-order valence-electron chi connectivity index (χ1n) is 10.4. The molecule has 0 saturated heterocycles. The highest BCUT2D eigenvalue weighted by molar-refractivity contribution is 5.92. The Morgan fingerprint density at radius 1 is 1.13 bits per heavy atom. The molecule has 1 aromatic heterocycles. The fourth-order valence-corrected chi connectivity index (χ4v) is 3.21. The molecule has 0 aliphatic carbocycles. The highest BCUT2D eigenvalue weighted by Gasteiger charge is 2.22. The molecule has 1 heterocycles.